The maximum absolute atomic E-state index is 6.01. The van der Waals surface area contributed by atoms with Crippen molar-refractivity contribution in [2.24, 2.45) is 0 Å². The summed E-state index contributed by atoms with van der Waals surface area (Å²) in [6.07, 6.45) is 4.89. The van der Waals surface area contributed by atoms with E-state index in [9.17, 15) is 0 Å². The van der Waals surface area contributed by atoms with Gasteiger partial charge in [0.2, 0.25) is 0 Å². The molecule has 2 heterocycles. The van der Waals surface area contributed by atoms with Gasteiger partial charge in [0.15, 0.2) is 0 Å². The Hall–Kier alpha value is -1.46. The average molecular weight is 360 g/mol. The first-order valence-electron chi connectivity index (χ1n) is 8.95. The maximum Gasteiger partial charge on any atom is 0.0594 e. The van der Waals surface area contributed by atoms with Crippen LogP contribution in [0.3, 0.4) is 0 Å². The van der Waals surface area contributed by atoms with Crippen LogP contribution in [0, 0.1) is 0 Å². The molecular weight excluding hydrogens is 334 g/mol. The molecule has 0 bridgehead atoms. The summed E-state index contributed by atoms with van der Waals surface area (Å²) in [6.45, 7) is 7.93. The minimum absolute atomic E-state index is 0.789. The molecule has 4 nitrogen and oxygen atoms in total. The van der Waals surface area contributed by atoms with Crippen molar-refractivity contribution in [2.45, 2.75) is 19.5 Å². The van der Waals surface area contributed by atoms with Crippen LogP contribution in [0.5, 0.6) is 0 Å². The van der Waals surface area contributed by atoms with Crippen LogP contribution in [0.15, 0.2) is 48.8 Å². The molecule has 0 aliphatic carbocycles. The van der Waals surface area contributed by atoms with Gasteiger partial charge in [-0.25, -0.2) is 0 Å². The first kappa shape index (κ1) is 18.3. The molecule has 0 unspecified atom stereocenters. The molecule has 1 fully saturated rings. The molecule has 1 aliphatic heterocycles. The third kappa shape index (κ3) is 6.40. The number of aromatic nitrogens is 1. The highest BCUT2D eigenvalue weighted by Crippen LogP contribution is 2.14. The van der Waals surface area contributed by atoms with Gasteiger partial charge >= 0.3 is 0 Å². The molecule has 5 heteroatoms. The number of benzene rings is 1. The van der Waals surface area contributed by atoms with Crippen molar-refractivity contribution in [3.8, 4) is 0 Å². The first-order chi connectivity index (χ1) is 12.3. The van der Waals surface area contributed by atoms with Gasteiger partial charge in [0.1, 0.15) is 0 Å². The number of halogens is 1. The maximum atomic E-state index is 6.01. The quantitative estimate of drug-likeness (QED) is 0.721. The predicted octanol–water partition coefficient (Wildman–Crippen LogP) is 3.46. The number of morpholine rings is 1. The SMILES string of the molecule is Clc1ccc(CN(CCCN2CCOCC2)Cc2ccncc2)cc1. The molecule has 0 spiro atoms. The Kier molecular flexibility index (Phi) is 7.24. The molecule has 2 aromatic rings. The van der Waals surface area contributed by atoms with Gasteiger partial charge in [0, 0.05) is 50.1 Å². The highest BCUT2D eigenvalue weighted by molar-refractivity contribution is 6.30. The van der Waals surface area contributed by atoms with Gasteiger partial charge in [-0.1, -0.05) is 23.7 Å². The molecule has 1 aromatic carbocycles. The van der Waals surface area contributed by atoms with Crippen molar-refractivity contribution in [3.05, 3.63) is 64.9 Å². The van der Waals surface area contributed by atoms with Crippen LogP contribution >= 0.6 is 11.6 Å². The van der Waals surface area contributed by atoms with Crippen molar-refractivity contribution < 1.29 is 4.74 Å². The minimum atomic E-state index is 0.789. The van der Waals surface area contributed by atoms with Crippen LogP contribution in [-0.4, -0.2) is 54.2 Å². The molecule has 0 radical (unpaired) electrons. The highest BCUT2D eigenvalue weighted by Gasteiger charge is 2.12. The van der Waals surface area contributed by atoms with Gasteiger partial charge in [0.25, 0.3) is 0 Å². The van der Waals surface area contributed by atoms with Crippen molar-refractivity contribution in [1.82, 2.24) is 14.8 Å². The zero-order valence-corrected chi connectivity index (χ0v) is 15.4. The summed E-state index contributed by atoms with van der Waals surface area (Å²) in [5.41, 5.74) is 2.60. The summed E-state index contributed by atoms with van der Waals surface area (Å²) in [5.74, 6) is 0. The number of hydrogen-bond acceptors (Lipinski definition) is 4. The molecule has 1 saturated heterocycles. The predicted molar refractivity (Wildman–Crippen MR) is 102 cm³/mol. The second-order valence-corrected chi connectivity index (χ2v) is 6.94. The van der Waals surface area contributed by atoms with Crippen LogP contribution in [0.4, 0.5) is 0 Å². The Morgan fingerprint density at radius 3 is 2.28 bits per heavy atom. The molecule has 25 heavy (non-hydrogen) atoms. The molecule has 0 saturated carbocycles. The largest absolute Gasteiger partial charge is 0.379 e. The van der Waals surface area contributed by atoms with E-state index in [-0.39, 0.29) is 0 Å². The summed E-state index contributed by atoms with van der Waals surface area (Å²) in [6, 6.07) is 12.4. The summed E-state index contributed by atoms with van der Waals surface area (Å²) < 4.78 is 5.43. The van der Waals surface area contributed by atoms with Crippen molar-refractivity contribution in [3.63, 3.8) is 0 Å². The van der Waals surface area contributed by atoms with E-state index in [0.29, 0.717) is 0 Å². The smallest absolute Gasteiger partial charge is 0.0594 e. The Morgan fingerprint density at radius 1 is 0.960 bits per heavy atom. The van der Waals surface area contributed by atoms with Gasteiger partial charge in [-0.15, -0.1) is 0 Å². The first-order valence-corrected chi connectivity index (χ1v) is 9.33. The van der Waals surface area contributed by atoms with Crippen LogP contribution in [0.2, 0.25) is 5.02 Å². The molecule has 0 N–H and O–H groups in total. The van der Waals surface area contributed by atoms with Gasteiger partial charge in [0.05, 0.1) is 13.2 Å². The van der Waals surface area contributed by atoms with E-state index < -0.39 is 0 Å². The summed E-state index contributed by atoms with van der Waals surface area (Å²) >= 11 is 6.01. The third-order valence-electron chi connectivity index (χ3n) is 4.53. The van der Waals surface area contributed by atoms with Crippen molar-refractivity contribution >= 4 is 11.6 Å². The van der Waals surface area contributed by atoms with Crippen LogP contribution in [-0.2, 0) is 17.8 Å². The molecule has 0 atom stereocenters. The van der Waals surface area contributed by atoms with Crippen molar-refractivity contribution in [1.29, 1.82) is 0 Å². The number of pyridine rings is 1. The lowest BCUT2D eigenvalue weighted by Gasteiger charge is -2.28. The van der Waals surface area contributed by atoms with Gasteiger partial charge in [-0.2, -0.15) is 0 Å². The summed E-state index contributed by atoms with van der Waals surface area (Å²) in [7, 11) is 0. The fraction of sp³-hybridized carbons (Fsp3) is 0.450. The van der Waals surface area contributed by atoms with E-state index in [1.807, 2.05) is 24.5 Å². The molecule has 1 aromatic heterocycles. The van der Waals surface area contributed by atoms with E-state index in [2.05, 4.69) is 39.0 Å². The lowest BCUT2D eigenvalue weighted by molar-refractivity contribution is 0.0359. The Balaban J connectivity index is 1.56. The Labute approximate surface area is 155 Å². The Morgan fingerprint density at radius 2 is 1.60 bits per heavy atom. The van der Waals surface area contributed by atoms with E-state index >= 15 is 0 Å². The molecule has 1 aliphatic rings. The van der Waals surface area contributed by atoms with E-state index in [4.69, 9.17) is 16.3 Å². The highest BCUT2D eigenvalue weighted by atomic mass is 35.5. The number of ether oxygens (including phenoxy) is 1. The second kappa shape index (κ2) is 9.88. The average Bonchev–Trinajstić information content (AvgIpc) is 2.65. The fourth-order valence-electron chi connectivity index (χ4n) is 3.15. The summed E-state index contributed by atoms with van der Waals surface area (Å²) in [5, 5.41) is 0.789. The van der Waals surface area contributed by atoms with Crippen LogP contribution in [0.1, 0.15) is 17.5 Å². The lowest BCUT2D eigenvalue weighted by atomic mass is 10.1. The Bertz CT molecular complexity index is 615. The molecular formula is C20H26ClN3O. The third-order valence-corrected chi connectivity index (χ3v) is 4.78. The zero-order chi connectivity index (χ0) is 17.3. The molecule has 134 valence electrons. The monoisotopic (exact) mass is 359 g/mol. The van der Waals surface area contributed by atoms with Gasteiger partial charge in [-0.3, -0.25) is 14.8 Å². The minimum Gasteiger partial charge on any atom is -0.379 e. The molecule has 0 amide bonds. The number of hydrogen-bond donors (Lipinski definition) is 0. The lowest BCUT2D eigenvalue weighted by Crippen LogP contribution is -2.38. The standard InChI is InChI=1S/C20H26ClN3O/c21-20-4-2-18(3-5-20)16-24(17-19-6-8-22-9-7-19)11-1-10-23-12-14-25-15-13-23/h2-9H,1,10-17H2. The number of rotatable bonds is 8. The zero-order valence-electron chi connectivity index (χ0n) is 14.6. The normalized spacial score (nSPS) is 15.6. The second-order valence-electron chi connectivity index (χ2n) is 6.50. The topological polar surface area (TPSA) is 28.6 Å². The van der Waals surface area contributed by atoms with E-state index in [1.54, 1.807) is 0 Å². The van der Waals surface area contributed by atoms with Gasteiger partial charge < -0.3 is 4.74 Å². The van der Waals surface area contributed by atoms with E-state index in [1.165, 1.54) is 17.5 Å². The van der Waals surface area contributed by atoms with Crippen molar-refractivity contribution in [2.75, 3.05) is 39.4 Å². The fourth-order valence-corrected chi connectivity index (χ4v) is 3.28. The number of nitrogens with zero attached hydrogens (tertiary/aromatic N) is 3. The van der Waals surface area contributed by atoms with Crippen LogP contribution in [0.25, 0.3) is 0 Å². The van der Waals surface area contributed by atoms with E-state index in [0.717, 1.165) is 57.5 Å². The van der Waals surface area contributed by atoms with Crippen LogP contribution < -0.4 is 0 Å². The summed E-state index contributed by atoms with van der Waals surface area (Å²) in [4.78, 5) is 9.11. The molecule has 3 rings (SSSR count). The van der Waals surface area contributed by atoms with Gasteiger partial charge in [-0.05, 0) is 48.4 Å².